The highest BCUT2D eigenvalue weighted by atomic mass is 32.2. The lowest BCUT2D eigenvalue weighted by Crippen LogP contribution is -2.26. The molecule has 0 saturated heterocycles. The molecule has 1 amide bonds. The average molecular weight is 423 g/mol. The third kappa shape index (κ3) is 5.48. The van der Waals surface area contributed by atoms with Crippen LogP contribution in [-0.4, -0.2) is 20.9 Å². The number of sulfonamides is 1. The van der Waals surface area contributed by atoms with Crippen LogP contribution in [0.15, 0.2) is 77.7 Å². The minimum atomic E-state index is -3.71. The molecule has 6 heteroatoms. The van der Waals surface area contributed by atoms with Crippen molar-refractivity contribution in [2.75, 3.05) is 11.3 Å². The van der Waals surface area contributed by atoms with Crippen molar-refractivity contribution in [2.45, 2.75) is 31.6 Å². The fourth-order valence-electron chi connectivity index (χ4n) is 3.14. The van der Waals surface area contributed by atoms with E-state index in [2.05, 4.69) is 41.2 Å². The third-order valence-corrected chi connectivity index (χ3v) is 6.31. The van der Waals surface area contributed by atoms with Gasteiger partial charge in [-0.1, -0.05) is 54.1 Å². The van der Waals surface area contributed by atoms with E-state index in [-0.39, 0.29) is 10.8 Å². The van der Waals surface area contributed by atoms with E-state index in [0.29, 0.717) is 23.4 Å². The van der Waals surface area contributed by atoms with Gasteiger partial charge in [0, 0.05) is 12.1 Å². The lowest BCUT2D eigenvalue weighted by molar-refractivity contribution is 0.0952. The zero-order chi connectivity index (χ0) is 21.6. The minimum absolute atomic E-state index is 0.176. The molecule has 5 nitrogen and oxygen atoms in total. The largest absolute Gasteiger partial charge is 0.352 e. The van der Waals surface area contributed by atoms with Gasteiger partial charge in [-0.25, -0.2) is 8.42 Å². The van der Waals surface area contributed by atoms with Crippen molar-refractivity contribution in [3.8, 4) is 0 Å². The van der Waals surface area contributed by atoms with Crippen LogP contribution >= 0.6 is 0 Å². The second-order valence-electron chi connectivity index (χ2n) is 7.24. The minimum Gasteiger partial charge on any atom is -0.352 e. The summed E-state index contributed by atoms with van der Waals surface area (Å²) in [7, 11) is -3.71. The Bertz CT molecular complexity index is 1110. The summed E-state index contributed by atoms with van der Waals surface area (Å²) in [4.78, 5) is 12.8. The number of nitrogens with one attached hydrogen (secondary N) is 2. The fraction of sp³-hybridized carbons (Fsp3) is 0.208. The van der Waals surface area contributed by atoms with Crippen molar-refractivity contribution in [3.63, 3.8) is 0 Å². The molecule has 0 spiro atoms. The number of anilines is 1. The van der Waals surface area contributed by atoms with Crippen LogP contribution < -0.4 is 10.0 Å². The van der Waals surface area contributed by atoms with E-state index < -0.39 is 10.0 Å². The Morgan fingerprint density at radius 3 is 2.27 bits per heavy atom. The van der Waals surface area contributed by atoms with Gasteiger partial charge in [-0.3, -0.25) is 9.52 Å². The van der Waals surface area contributed by atoms with Crippen molar-refractivity contribution < 1.29 is 13.2 Å². The van der Waals surface area contributed by atoms with Crippen LogP contribution in [-0.2, 0) is 16.4 Å². The lowest BCUT2D eigenvalue weighted by Gasteiger charge is -2.14. The first kappa shape index (κ1) is 21.6. The third-order valence-electron chi connectivity index (χ3n) is 4.92. The van der Waals surface area contributed by atoms with Crippen molar-refractivity contribution in [3.05, 3.63) is 95.1 Å². The quantitative estimate of drug-likeness (QED) is 0.526. The number of rotatable bonds is 8. The molecule has 0 aliphatic rings. The molecule has 0 saturated carbocycles. The number of carbonyl (C=O) groups is 1. The number of amides is 1. The van der Waals surface area contributed by atoms with Gasteiger partial charge in [0.15, 0.2) is 0 Å². The van der Waals surface area contributed by atoms with Gasteiger partial charge < -0.3 is 5.32 Å². The molecule has 0 fully saturated rings. The normalized spacial score (nSPS) is 11.1. The standard InChI is InChI=1S/C24H26N2O3S/c1-18-13-15-20(16-14-18)8-7-17-25-24(27)22-11-6-12-23(19(22)2)26-30(28,29)21-9-4-3-5-10-21/h3-6,9-16,26H,7-8,17H2,1-2H3,(H,25,27). The van der Waals surface area contributed by atoms with Gasteiger partial charge in [-0.15, -0.1) is 0 Å². The van der Waals surface area contributed by atoms with Crippen LogP contribution in [0.3, 0.4) is 0 Å². The van der Waals surface area contributed by atoms with Crippen molar-refractivity contribution in [1.82, 2.24) is 5.32 Å². The highest BCUT2D eigenvalue weighted by Gasteiger charge is 2.17. The molecule has 0 aliphatic heterocycles. The van der Waals surface area contributed by atoms with Gasteiger partial charge in [-0.2, -0.15) is 0 Å². The molecule has 3 rings (SSSR count). The Labute approximate surface area is 178 Å². The molecule has 0 unspecified atom stereocenters. The summed E-state index contributed by atoms with van der Waals surface area (Å²) < 4.78 is 27.8. The van der Waals surface area contributed by atoms with Gasteiger partial charge >= 0.3 is 0 Å². The smallest absolute Gasteiger partial charge is 0.261 e. The number of hydrogen-bond acceptors (Lipinski definition) is 3. The maximum Gasteiger partial charge on any atom is 0.261 e. The molecular weight excluding hydrogens is 396 g/mol. The van der Waals surface area contributed by atoms with Gasteiger partial charge in [-0.05, 0) is 62.1 Å². The van der Waals surface area contributed by atoms with E-state index in [1.54, 1.807) is 43.3 Å². The summed E-state index contributed by atoms with van der Waals surface area (Å²) in [6.45, 7) is 4.34. The summed E-state index contributed by atoms with van der Waals surface area (Å²) in [5, 5.41) is 2.93. The topological polar surface area (TPSA) is 75.3 Å². The highest BCUT2D eigenvalue weighted by molar-refractivity contribution is 7.92. The zero-order valence-corrected chi connectivity index (χ0v) is 18.0. The Morgan fingerprint density at radius 1 is 0.867 bits per heavy atom. The molecule has 0 aliphatic carbocycles. The van der Waals surface area contributed by atoms with E-state index in [0.717, 1.165) is 12.8 Å². The maximum atomic E-state index is 12.6. The predicted octanol–water partition coefficient (Wildman–Crippen LogP) is 4.47. The van der Waals surface area contributed by atoms with Gasteiger partial charge in [0.2, 0.25) is 0 Å². The first-order valence-corrected chi connectivity index (χ1v) is 11.4. The first-order valence-electron chi connectivity index (χ1n) is 9.88. The predicted molar refractivity (Wildman–Crippen MR) is 120 cm³/mol. The highest BCUT2D eigenvalue weighted by Crippen LogP contribution is 2.22. The molecule has 30 heavy (non-hydrogen) atoms. The van der Waals surface area contributed by atoms with Crippen molar-refractivity contribution in [2.24, 2.45) is 0 Å². The number of aryl methyl sites for hydroxylation is 2. The molecular formula is C24H26N2O3S. The van der Waals surface area contributed by atoms with Gasteiger partial charge in [0.1, 0.15) is 0 Å². The summed E-state index contributed by atoms with van der Waals surface area (Å²) >= 11 is 0. The molecule has 2 N–H and O–H groups in total. The number of carbonyl (C=O) groups excluding carboxylic acids is 1. The van der Waals surface area contributed by atoms with Gasteiger partial charge in [0.05, 0.1) is 10.6 Å². The first-order chi connectivity index (χ1) is 14.4. The van der Waals surface area contributed by atoms with Gasteiger partial charge in [0.25, 0.3) is 15.9 Å². The van der Waals surface area contributed by atoms with E-state index in [1.165, 1.54) is 23.3 Å². The Morgan fingerprint density at radius 2 is 1.57 bits per heavy atom. The Hall–Kier alpha value is -3.12. The number of hydrogen-bond donors (Lipinski definition) is 2. The second kappa shape index (κ2) is 9.59. The van der Waals surface area contributed by atoms with Crippen LogP contribution in [0, 0.1) is 13.8 Å². The molecule has 3 aromatic carbocycles. The monoisotopic (exact) mass is 422 g/mol. The molecule has 0 atom stereocenters. The molecule has 0 aromatic heterocycles. The van der Waals surface area contributed by atoms with E-state index in [1.807, 2.05) is 0 Å². The molecule has 0 heterocycles. The summed E-state index contributed by atoms with van der Waals surface area (Å²) in [6, 6.07) is 21.6. The van der Waals surface area contributed by atoms with Crippen LogP contribution in [0.25, 0.3) is 0 Å². The van der Waals surface area contributed by atoms with E-state index in [9.17, 15) is 13.2 Å². The van der Waals surface area contributed by atoms with Crippen LogP contribution in [0.1, 0.15) is 33.5 Å². The van der Waals surface area contributed by atoms with Crippen molar-refractivity contribution >= 4 is 21.6 Å². The zero-order valence-electron chi connectivity index (χ0n) is 17.2. The second-order valence-corrected chi connectivity index (χ2v) is 8.92. The fourth-order valence-corrected chi connectivity index (χ4v) is 4.28. The molecule has 0 radical (unpaired) electrons. The molecule has 0 bridgehead atoms. The summed E-state index contributed by atoms with van der Waals surface area (Å²) in [5.41, 5.74) is 3.91. The van der Waals surface area contributed by atoms with Crippen LogP contribution in [0.5, 0.6) is 0 Å². The van der Waals surface area contributed by atoms with E-state index in [4.69, 9.17) is 0 Å². The number of benzene rings is 3. The summed E-state index contributed by atoms with van der Waals surface area (Å²) in [6.07, 6.45) is 1.71. The average Bonchev–Trinajstić information content (AvgIpc) is 2.74. The SMILES string of the molecule is Cc1ccc(CCCNC(=O)c2cccc(NS(=O)(=O)c3ccccc3)c2C)cc1. The van der Waals surface area contributed by atoms with Crippen molar-refractivity contribution in [1.29, 1.82) is 0 Å². The maximum absolute atomic E-state index is 12.6. The Kier molecular flexibility index (Phi) is 6.90. The van der Waals surface area contributed by atoms with Crippen LogP contribution in [0.2, 0.25) is 0 Å². The van der Waals surface area contributed by atoms with E-state index >= 15 is 0 Å². The molecule has 3 aromatic rings. The lowest BCUT2D eigenvalue weighted by atomic mass is 10.1. The van der Waals surface area contributed by atoms with Crippen LogP contribution in [0.4, 0.5) is 5.69 Å². The molecule has 156 valence electrons. The summed E-state index contributed by atoms with van der Waals surface area (Å²) in [5.74, 6) is -0.211. The Balaban J connectivity index is 1.62.